The molecule has 3 heterocycles. The summed E-state index contributed by atoms with van der Waals surface area (Å²) in [6.07, 6.45) is 0.116. The smallest absolute Gasteiger partial charge is 0.192 e. The summed E-state index contributed by atoms with van der Waals surface area (Å²) < 4.78 is 32.4. The van der Waals surface area contributed by atoms with E-state index in [-0.39, 0.29) is 39.4 Å². The number of nitrogens with zero attached hydrogens (tertiary/aromatic N) is 5. The Hall–Kier alpha value is -0.942. The molecule has 0 aliphatic carbocycles. The quantitative estimate of drug-likeness (QED) is 0.164. The average Bonchev–Trinajstić information content (AvgIpc) is 3.51. The van der Waals surface area contributed by atoms with Crippen LogP contribution in [0.1, 0.15) is 138 Å². The van der Waals surface area contributed by atoms with Gasteiger partial charge in [0.05, 0.1) is 12.1 Å². The molecule has 56 heavy (non-hydrogen) atoms. The van der Waals surface area contributed by atoms with Crippen LogP contribution in [0.3, 0.4) is 0 Å². The van der Waals surface area contributed by atoms with Gasteiger partial charge in [0.15, 0.2) is 48.2 Å². The lowest BCUT2D eigenvalue weighted by Gasteiger charge is -2.45. The van der Waals surface area contributed by atoms with Crippen LogP contribution < -0.4 is 10.3 Å². The van der Waals surface area contributed by atoms with Crippen LogP contribution in [0.5, 0.6) is 0 Å². The molecule has 2 aromatic heterocycles. The summed E-state index contributed by atoms with van der Waals surface area (Å²) in [7, 11) is -9.34. The van der Waals surface area contributed by atoms with E-state index in [9.17, 15) is 0 Å². The second kappa shape index (κ2) is 16.8. The lowest BCUT2D eigenvalue weighted by atomic mass is 10.1. The van der Waals surface area contributed by atoms with Crippen LogP contribution in [-0.2, 0) is 18.0 Å². The van der Waals surface area contributed by atoms with Gasteiger partial charge in [0.1, 0.15) is 32.7 Å². The maximum Gasteiger partial charge on any atom is 0.192 e. The van der Waals surface area contributed by atoms with Gasteiger partial charge in [-0.25, -0.2) is 15.0 Å². The summed E-state index contributed by atoms with van der Waals surface area (Å²) in [5.74, 6) is 0.880. The molecule has 0 bridgehead atoms. The van der Waals surface area contributed by atoms with Crippen LogP contribution in [0.25, 0.3) is 11.2 Å². The second-order valence-electron chi connectivity index (χ2n) is 23.0. The van der Waals surface area contributed by atoms with E-state index < -0.39 is 45.4 Å². The SMILES string of the molecule is CC(C)N(c1ncnc2c1nc([Si](C(C)C)(C(C)C)C(C)C)n2[C@@H]1O[C@H](CO[Si](C)(C)C(C)(C)C)[C@@H](O[Si](C)(C)C(C)(C)C)[C@H]1O[Si](C)(C)C(C)(C)C)C(C)C. The fourth-order valence-electron chi connectivity index (χ4n) is 8.35. The molecule has 0 aromatic carbocycles. The molecule has 0 radical (unpaired) electrons. The first-order valence-corrected chi connectivity index (χ1v) is 32.7. The Bertz CT molecular complexity index is 1590. The highest BCUT2D eigenvalue weighted by Crippen LogP contribution is 2.49. The van der Waals surface area contributed by atoms with Gasteiger partial charge in [-0.1, -0.05) is 104 Å². The highest BCUT2D eigenvalue weighted by atomic mass is 28.4. The minimum Gasteiger partial charge on any atom is -0.414 e. The van der Waals surface area contributed by atoms with Gasteiger partial charge in [-0.15, -0.1) is 0 Å². The first-order valence-electron chi connectivity index (χ1n) is 21.7. The molecule has 0 amide bonds. The van der Waals surface area contributed by atoms with Gasteiger partial charge in [-0.3, -0.25) is 4.57 Å². The molecule has 0 spiro atoms. The third-order valence-corrected chi connectivity index (χ3v) is 34.8. The van der Waals surface area contributed by atoms with E-state index in [1.54, 1.807) is 6.33 Å². The number of fused-ring (bicyclic) bond motifs is 1. The molecule has 1 saturated heterocycles. The molecule has 1 aliphatic heterocycles. The minimum atomic E-state index is -2.45. The number of anilines is 1. The van der Waals surface area contributed by atoms with E-state index in [0.717, 1.165) is 22.4 Å². The predicted octanol–water partition coefficient (Wildman–Crippen LogP) is 12.0. The number of hydrogen-bond acceptors (Lipinski definition) is 8. The van der Waals surface area contributed by atoms with Gasteiger partial charge in [0.2, 0.25) is 0 Å². The van der Waals surface area contributed by atoms with Crippen LogP contribution in [0.4, 0.5) is 5.82 Å². The van der Waals surface area contributed by atoms with Crippen LogP contribution >= 0.6 is 0 Å². The number of hydrogen-bond donors (Lipinski definition) is 0. The van der Waals surface area contributed by atoms with E-state index in [0.29, 0.717) is 23.2 Å². The Morgan fingerprint density at radius 3 is 1.48 bits per heavy atom. The fraction of sp³-hybridized carbons (Fsp3) is 0.884. The summed E-state index contributed by atoms with van der Waals surface area (Å²) in [5, 5.41) is -0.00152. The fourth-order valence-corrected chi connectivity index (χ4v) is 18.5. The molecule has 1 fully saturated rings. The first kappa shape index (κ1) is 49.4. The molecule has 9 nitrogen and oxygen atoms in total. The van der Waals surface area contributed by atoms with Gasteiger partial charge in [-0.05, 0) is 98.7 Å². The normalized spacial score (nSPS) is 21.2. The molecule has 0 saturated carbocycles. The van der Waals surface area contributed by atoms with E-state index >= 15 is 0 Å². The number of rotatable bonds is 15. The van der Waals surface area contributed by atoms with Crippen molar-refractivity contribution in [2.75, 3.05) is 11.5 Å². The summed E-state index contributed by atoms with van der Waals surface area (Å²) in [4.78, 5) is 18.4. The van der Waals surface area contributed by atoms with Crippen LogP contribution in [-0.4, -0.2) is 89.5 Å². The van der Waals surface area contributed by atoms with E-state index in [4.69, 9.17) is 33.0 Å². The molecule has 0 unspecified atom stereocenters. The monoisotopic (exact) mass is 850 g/mol. The molecule has 0 N–H and O–H groups in total. The molecule has 324 valence electrons. The molecule has 3 rings (SSSR count). The molecule has 13 heteroatoms. The van der Waals surface area contributed by atoms with Gasteiger partial charge < -0.3 is 22.9 Å². The maximum atomic E-state index is 7.73. The molecular formula is C43H87N5O4Si4. The lowest BCUT2D eigenvalue weighted by Crippen LogP contribution is -2.61. The summed E-state index contributed by atoms with van der Waals surface area (Å²) in [5.41, 5.74) is 4.01. The standard InChI is InChI=1S/C43H87N5O4Si4/c1-28(2)47(29(3)4)37-34-38(45-27-44-37)48(40(46-34)56(30(5)6,31(7)8)32(9)10)39-36(52-55(24,25)43(17,18)19)35(51-54(22,23)42(14,15)16)33(50-39)26-49-53(20,21)41(11,12)13/h27-33,35-36,39H,26H2,1-25H3/t33-,35-,36-,39-/m1/s1. The van der Waals surface area contributed by atoms with Crippen molar-refractivity contribution in [1.82, 2.24) is 19.5 Å². The average molecular weight is 851 g/mol. The topological polar surface area (TPSA) is 83.8 Å². The van der Waals surface area contributed by atoms with Crippen LogP contribution in [0.15, 0.2) is 6.33 Å². The Morgan fingerprint density at radius 1 is 0.661 bits per heavy atom. The van der Waals surface area contributed by atoms with E-state index in [1.165, 1.54) is 0 Å². The van der Waals surface area contributed by atoms with Crippen molar-refractivity contribution in [3.63, 3.8) is 0 Å². The number of aromatic nitrogens is 4. The lowest BCUT2D eigenvalue weighted by molar-refractivity contribution is -0.0457. The maximum absolute atomic E-state index is 7.73. The first-order chi connectivity index (χ1) is 25.1. The Balaban J connectivity index is 2.59. The van der Waals surface area contributed by atoms with Gasteiger partial charge in [0.25, 0.3) is 0 Å². The molecule has 4 atom stereocenters. The van der Waals surface area contributed by atoms with Crippen molar-refractivity contribution in [2.24, 2.45) is 0 Å². The van der Waals surface area contributed by atoms with Gasteiger partial charge >= 0.3 is 0 Å². The van der Waals surface area contributed by atoms with Crippen molar-refractivity contribution in [3.8, 4) is 0 Å². The third-order valence-electron chi connectivity index (χ3n) is 14.5. The van der Waals surface area contributed by atoms with Crippen LogP contribution in [0, 0.1) is 0 Å². The zero-order valence-electron chi connectivity index (χ0n) is 40.8. The summed E-state index contributed by atoms with van der Waals surface area (Å²) in [6.45, 7) is 58.8. The van der Waals surface area contributed by atoms with Crippen molar-refractivity contribution in [1.29, 1.82) is 0 Å². The third kappa shape index (κ3) is 9.34. The zero-order valence-corrected chi connectivity index (χ0v) is 44.8. The number of ether oxygens (including phenoxy) is 1. The van der Waals surface area contributed by atoms with Crippen molar-refractivity contribution >= 4 is 55.5 Å². The van der Waals surface area contributed by atoms with Crippen molar-refractivity contribution in [3.05, 3.63) is 6.33 Å². The Kier molecular flexibility index (Phi) is 14.9. The number of imidazole rings is 1. The van der Waals surface area contributed by atoms with Crippen molar-refractivity contribution < 1.29 is 18.0 Å². The molecular weight excluding hydrogens is 763 g/mol. The largest absolute Gasteiger partial charge is 0.414 e. The van der Waals surface area contributed by atoms with Gasteiger partial charge in [0, 0.05) is 12.1 Å². The van der Waals surface area contributed by atoms with E-state index in [2.05, 4.69) is 180 Å². The Labute approximate surface area is 348 Å². The summed E-state index contributed by atoms with van der Waals surface area (Å²) >= 11 is 0. The highest BCUT2D eigenvalue weighted by Gasteiger charge is 2.58. The minimum absolute atomic E-state index is 0.0153. The Morgan fingerprint density at radius 2 is 1.09 bits per heavy atom. The van der Waals surface area contributed by atoms with E-state index in [1.807, 2.05) is 0 Å². The molecule has 2 aromatic rings. The second-order valence-corrected chi connectivity index (χ2v) is 43.1. The highest BCUT2D eigenvalue weighted by molar-refractivity contribution is 6.94. The molecule has 1 aliphatic rings. The summed E-state index contributed by atoms with van der Waals surface area (Å²) in [6, 6.07) is 0.446. The van der Waals surface area contributed by atoms with Gasteiger partial charge in [-0.2, -0.15) is 0 Å². The van der Waals surface area contributed by atoms with Crippen molar-refractivity contribution in [2.45, 2.75) is 239 Å². The predicted molar refractivity (Wildman–Crippen MR) is 250 cm³/mol. The zero-order chi connectivity index (χ0) is 43.5. The van der Waals surface area contributed by atoms with Crippen LogP contribution in [0.2, 0.25) is 71.0 Å².